The summed E-state index contributed by atoms with van der Waals surface area (Å²) in [7, 11) is 0. The third kappa shape index (κ3) is 10.8. The first-order valence-electron chi connectivity index (χ1n) is 16.5. The van der Waals surface area contributed by atoms with Gasteiger partial charge in [-0.3, -0.25) is 19.2 Å². The summed E-state index contributed by atoms with van der Waals surface area (Å²) < 4.78 is 21.7. The fourth-order valence-electron chi connectivity index (χ4n) is 5.72. The number of urea groups is 1. The average molecular weight is 702 g/mol. The van der Waals surface area contributed by atoms with Gasteiger partial charge in [0.05, 0.1) is 49.8 Å². The van der Waals surface area contributed by atoms with Crippen molar-refractivity contribution >= 4 is 41.3 Å². The zero-order chi connectivity index (χ0) is 34.6. The van der Waals surface area contributed by atoms with E-state index in [1.165, 1.54) is 18.2 Å². The maximum Gasteiger partial charge on any atom is 0.315 e. The number of fused-ring (bicyclic) bond motifs is 2. The molecule has 266 valence electrons. The van der Waals surface area contributed by atoms with Crippen molar-refractivity contribution < 1.29 is 48.0 Å². The Kier molecular flexibility index (Phi) is 13.5. The molecule has 5 amide bonds. The highest BCUT2D eigenvalue weighted by Crippen LogP contribution is 2.34. The number of thioether (sulfide) groups is 1. The molecular weight excluding hydrogens is 658 g/mol. The van der Waals surface area contributed by atoms with Crippen LogP contribution in [0.15, 0.2) is 48.2 Å². The van der Waals surface area contributed by atoms with Gasteiger partial charge in [0.1, 0.15) is 30.7 Å². The van der Waals surface area contributed by atoms with Crippen LogP contribution in [0.2, 0.25) is 0 Å². The number of carbonyl (C=O) groups excluding carboxylic acids is 5. The molecule has 0 spiro atoms. The highest BCUT2D eigenvalue weighted by atomic mass is 32.2. The quantitative estimate of drug-likeness (QED) is 0.0460. The van der Waals surface area contributed by atoms with Crippen LogP contribution < -0.4 is 31.3 Å². The topological polar surface area (TPSA) is 206 Å². The summed E-state index contributed by atoms with van der Waals surface area (Å²) in [5.74, 6) is 0.0129. The van der Waals surface area contributed by atoms with Crippen LogP contribution in [-0.2, 0) is 28.6 Å². The van der Waals surface area contributed by atoms with E-state index in [0.717, 1.165) is 25.0 Å². The van der Waals surface area contributed by atoms with E-state index in [1.54, 1.807) is 24.3 Å². The first kappa shape index (κ1) is 36.3. The molecule has 3 aliphatic heterocycles. The highest BCUT2D eigenvalue weighted by molar-refractivity contribution is 8.00. The number of aliphatic hydroxyl groups is 1. The van der Waals surface area contributed by atoms with E-state index < -0.39 is 24.2 Å². The van der Waals surface area contributed by atoms with Crippen LogP contribution in [0.3, 0.4) is 0 Å². The molecule has 0 aromatic heterocycles. The van der Waals surface area contributed by atoms with Gasteiger partial charge in [0, 0.05) is 42.7 Å². The number of ether oxygens (including phenoxy) is 4. The highest BCUT2D eigenvalue weighted by Gasteiger charge is 2.53. The Labute approximate surface area is 288 Å². The molecule has 6 atom stereocenters. The molecule has 3 heterocycles. The van der Waals surface area contributed by atoms with Crippen molar-refractivity contribution in [3.8, 4) is 5.75 Å². The zero-order valence-corrected chi connectivity index (χ0v) is 27.8. The summed E-state index contributed by atoms with van der Waals surface area (Å²) in [5.41, 5.74) is 0.276. The molecule has 3 fully saturated rings. The second-order valence-corrected chi connectivity index (χ2v) is 13.1. The maximum atomic E-state index is 12.8. The third-order valence-corrected chi connectivity index (χ3v) is 9.80. The molecule has 0 bridgehead atoms. The van der Waals surface area contributed by atoms with Crippen LogP contribution in [0.4, 0.5) is 4.79 Å². The van der Waals surface area contributed by atoms with E-state index in [9.17, 15) is 29.1 Å². The van der Waals surface area contributed by atoms with Gasteiger partial charge >= 0.3 is 6.03 Å². The van der Waals surface area contributed by atoms with Crippen molar-refractivity contribution in [2.45, 2.75) is 61.3 Å². The van der Waals surface area contributed by atoms with Crippen molar-refractivity contribution in [2.75, 3.05) is 51.9 Å². The number of aliphatic hydroxyl groups excluding tert-OH is 1. The van der Waals surface area contributed by atoms with E-state index in [2.05, 4.69) is 26.6 Å². The lowest BCUT2D eigenvalue weighted by Gasteiger charge is -2.18. The number of hydrogen-bond acceptors (Lipinski definition) is 11. The SMILES string of the molecule is O=C(/C=C/COc1ccccc1C(=O)NC1=CC(=O)[C@H]2O[C@H]2[C@H]1O)NCCOCCOCCNC(=O)CCCC[C@@H]1SC[C@@H]2NC(=O)N[C@@H]21. The van der Waals surface area contributed by atoms with Crippen LogP contribution in [0.25, 0.3) is 0 Å². The standard InChI is InChI=1S/C33H43N5O10S/c39-23-18-21(29(42)31-30(23)48-31)36-32(43)20-6-1-2-7-24(20)47-13-5-10-27(41)35-12-15-46-17-16-45-14-11-34-26(40)9-4-3-8-25-28-22(19-49-25)37-33(44)38-28/h1-2,5-7,10,18,22,25,28-31,42H,3-4,8-9,11-17,19H2,(H,34,40)(H,35,41)(H,36,43)(H2,37,38,44)/b10-5+/t22-,25-,28-,29-,30+,31-/m0/s1. The van der Waals surface area contributed by atoms with Crippen LogP contribution in [-0.4, -0.2) is 122 Å². The Morgan fingerprint density at radius 2 is 1.80 bits per heavy atom. The Bertz CT molecular complexity index is 1420. The molecule has 1 aliphatic carbocycles. The van der Waals surface area contributed by atoms with Crippen LogP contribution in [0.1, 0.15) is 36.0 Å². The summed E-state index contributed by atoms with van der Waals surface area (Å²) in [6.07, 6.45) is 4.84. The summed E-state index contributed by atoms with van der Waals surface area (Å²) in [6, 6.07) is 6.83. The molecule has 1 aromatic rings. The molecule has 3 saturated heterocycles. The maximum absolute atomic E-state index is 12.8. The monoisotopic (exact) mass is 701 g/mol. The minimum Gasteiger partial charge on any atom is -0.489 e. The largest absolute Gasteiger partial charge is 0.489 e. The Hall–Kier alpha value is -3.96. The first-order valence-corrected chi connectivity index (χ1v) is 17.5. The predicted octanol–water partition coefficient (Wildman–Crippen LogP) is -0.0623. The minimum atomic E-state index is -1.09. The minimum absolute atomic E-state index is 0.00228. The number of nitrogens with one attached hydrogen (secondary N) is 5. The predicted molar refractivity (Wildman–Crippen MR) is 178 cm³/mol. The molecule has 49 heavy (non-hydrogen) atoms. The van der Waals surface area contributed by atoms with Gasteiger partial charge in [-0.2, -0.15) is 11.8 Å². The van der Waals surface area contributed by atoms with Crippen LogP contribution >= 0.6 is 11.8 Å². The molecule has 16 heteroatoms. The number of hydrogen-bond donors (Lipinski definition) is 6. The van der Waals surface area contributed by atoms with Crippen LogP contribution in [0, 0.1) is 0 Å². The lowest BCUT2D eigenvalue weighted by molar-refractivity contribution is -0.121. The van der Waals surface area contributed by atoms with Crippen molar-refractivity contribution in [3.63, 3.8) is 0 Å². The van der Waals surface area contributed by atoms with Gasteiger partial charge in [-0.25, -0.2) is 4.79 Å². The first-order chi connectivity index (χ1) is 23.8. The van der Waals surface area contributed by atoms with Gasteiger partial charge in [0.25, 0.3) is 5.91 Å². The number of benzene rings is 1. The number of unbranched alkanes of at least 4 members (excludes halogenated alkanes) is 1. The second kappa shape index (κ2) is 18.2. The fourth-order valence-corrected chi connectivity index (χ4v) is 7.27. The third-order valence-electron chi connectivity index (χ3n) is 8.29. The van der Waals surface area contributed by atoms with Gasteiger partial charge in [-0.1, -0.05) is 18.6 Å². The molecule has 0 radical (unpaired) electrons. The fraction of sp³-hybridized carbons (Fsp3) is 0.545. The van der Waals surface area contributed by atoms with Crippen molar-refractivity contribution in [3.05, 3.63) is 53.8 Å². The number of ketones is 1. The Morgan fingerprint density at radius 1 is 1.02 bits per heavy atom. The lowest BCUT2D eigenvalue weighted by Crippen LogP contribution is -2.37. The smallest absolute Gasteiger partial charge is 0.315 e. The second-order valence-electron chi connectivity index (χ2n) is 11.9. The van der Waals surface area contributed by atoms with Gasteiger partial charge in [-0.05, 0) is 31.1 Å². The van der Waals surface area contributed by atoms with Crippen LogP contribution in [0.5, 0.6) is 5.75 Å². The molecule has 1 aromatic carbocycles. The van der Waals surface area contributed by atoms with E-state index >= 15 is 0 Å². The van der Waals surface area contributed by atoms with E-state index in [4.69, 9.17) is 18.9 Å². The van der Waals surface area contributed by atoms with E-state index in [-0.39, 0.29) is 59.3 Å². The summed E-state index contributed by atoms with van der Waals surface area (Å²) in [4.78, 5) is 60.3. The molecule has 5 rings (SSSR count). The number of rotatable bonds is 20. The number of carbonyl (C=O) groups is 5. The van der Waals surface area contributed by atoms with Crippen molar-refractivity contribution in [1.82, 2.24) is 26.6 Å². The molecular formula is C33H43N5O10S. The van der Waals surface area contributed by atoms with Crippen molar-refractivity contribution in [2.24, 2.45) is 0 Å². The molecule has 6 N–H and O–H groups in total. The van der Waals surface area contributed by atoms with Gasteiger partial charge < -0.3 is 50.6 Å². The number of epoxide rings is 1. The molecule has 15 nitrogen and oxygen atoms in total. The van der Waals surface area contributed by atoms with E-state index in [0.29, 0.717) is 51.2 Å². The Balaban J connectivity index is 0.834. The molecule has 4 aliphatic rings. The summed E-state index contributed by atoms with van der Waals surface area (Å²) in [5, 5.41) is 24.7. The van der Waals surface area contributed by atoms with Gasteiger partial charge in [-0.15, -0.1) is 0 Å². The Morgan fingerprint density at radius 3 is 2.61 bits per heavy atom. The summed E-state index contributed by atoms with van der Waals surface area (Å²) in [6.45, 7) is 2.12. The summed E-state index contributed by atoms with van der Waals surface area (Å²) >= 11 is 1.88. The number of para-hydroxylation sites is 1. The van der Waals surface area contributed by atoms with Crippen molar-refractivity contribution in [1.29, 1.82) is 0 Å². The van der Waals surface area contributed by atoms with Gasteiger partial charge in [0.15, 0.2) is 5.78 Å². The van der Waals surface area contributed by atoms with Gasteiger partial charge in [0.2, 0.25) is 11.8 Å². The number of amides is 5. The average Bonchev–Trinajstić information content (AvgIpc) is 3.71. The van der Waals surface area contributed by atoms with E-state index in [1.807, 2.05) is 11.8 Å². The lowest BCUT2D eigenvalue weighted by atomic mass is 10.0. The molecule has 0 saturated carbocycles. The normalized spacial score (nSPS) is 25.1. The zero-order valence-electron chi connectivity index (χ0n) is 27.0. The molecule has 0 unspecified atom stereocenters.